The molecule has 2 aliphatic rings. The Morgan fingerprint density at radius 2 is 2.00 bits per heavy atom. The summed E-state index contributed by atoms with van der Waals surface area (Å²) in [4.78, 5) is 24.5. The van der Waals surface area contributed by atoms with Crippen molar-refractivity contribution in [3.63, 3.8) is 0 Å². The average Bonchev–Trinajstić information content (AvgIpc) is 3.21. The third-order valence-corrected chi connectivity index (χ3v) is 6.24. The summed E-state index contributed by atoms with van der Waals surface area (Å²) < 4.78 is 11.2. The summed E-state index contributed by atoms with van der Waals surface area (Å²) in [6, 6.07) is 4.46. The van der Waals surface area contributed by atoms with Crippen LogP contribution in [0.25, 0.3) is 0 Å². The van der Waals surface area contributed by atoms with Gasteiger partial charge >= 0.3 is 6.09 Å². The third-order valence-electron chi connectivity index (χ3n) is 5.27. The second-order valence-corrected chi connectivity index (χ2v) is 9.84. The van der Waals surface area contributed by atoms with Crippen LogP contribution >= 0.6 is 11.3 Å². The van der Waals surface area contributed by atoms with Crippen molar-refractivity contribution in [2.75, 3.05) is 52.4 Å². The van der Waals surface area contributed by atoms with Crippen LogP contribution in [0, 0.1) is 0 Å². The lowest BCUT2D eigenvalue weighted by Crippen LogP contribution is -2.53. The fraction of sp³-hybridized carbons (Fsp3) is 0.714. The van der Waals surface area contributed by atoms with Gasteiger partial charge in [-0.1, -0.05) is 6.07 Å². The maximum atomic E-state index is 12.2. The van der Waals surface area contributed by atoms with Crippen molar-refractivity contribution in [2.45, 2.75) is 45.4 Å². The number of guanidine groups is 1. The number of carbonyl (C=O) groups is 1. The predicted octanol–water partition coefficient (Wildman–Crippen LogP) is 2.38. The monoisotopic (exact) mass is 437 g/mol. The molecule has 0 aromatic carbocycles. The minimum Gasteiger partial charge on any atom is -0.444 e. The summed E-state index contributed by atoms with van der Waals surface area (Å²) in [6.07, 6.45) is -0.0414. The van der Waals surface area contributed by atoms with Crippen molar-refractivity contribution in [1.29, 1.82) is 0 Å². The minimum atomic E-state index is -0.484. The van der Waals surface area contributed by atoms with E-state index in [1.54, 1.807) is 16.2 Å². The fourth-order valence-electron chi connectivity index (χ4n) is 3.72. The maximum Gasteiger partial charge on any atom is 0.410 e. The van der Waals surface area contributed by atoms with Gasteiger partial charge in [-0.2, -0.15) is 0 Å². The lowest BCUT2D eigenvalue weighted by atomic mass is 10.1. The van der Waals surface area contributed by atoms with Gasteiger partial charge < -0.3 is 25.0 Å². The van der Waals surface area contributed by atoms with Gasteiger partial charge in [-0.25, -0.2) is 4.79 Å². The van der Waals surface area contributed by atoms with Crippen LogP contribution in [-0.4, -0.2) is 90.9 Å². The highest BCUT2D eigenvalue weighted by Gasteiger charge is 2.28. The zero-order valence-corrected chi connectivity index (χ0v) is 19.4. The van der Waals surface area contributed by atoms with Gasteiger partial charge in [0.15, 0.2) is 5.96 Å². The molecule has 2 saturated heterocycles. The van der Waals surface area contributed by atoms with Crippen molar-refractivity contribution < 1.29 is 14.3 Å². The number of nitrogens with zero attached hydrogens (tertiary/aromatic N) is 4. The van der Waals surface area contributed by atoms with Gasteiger partial charge in [0.25, 0.3) is 0 Å². The Morgan fingerprint density at radius 1 is 1.30 bits per heavy atom. The van der Waals surface area contributed by atoms with E-state index in [0.29, 0.717) is 38.7 Å². The average molecular weight is 438 g/mol. The fourth-order valence-corrected chi connectivity index (χ4v) is 4.57. The predicted molar refractivity (Wildman–Crippen MR) is 120 cm³/mol. The highest BCUT2D eigenvalue weighted by atomic mass is 32.1. The molecule has 3 heterocycles. The van der Waals surface area contributed by atoms with Crippen LogP contribution in [0.1, 0.15) is 38.6 Å². The molecule has 2 unspecified atom stereocenters. The number of rotatable bonds is 4. The van der Waals surface area contributed by atoms with Crippen LogP contribution in [0.4, 0.5) is 4.79 Å². The summed E-state index contributed by atoms with van der Waals surface area (Å²) in [7, 11) is 0. The third kappa shape index (κ3) is 6.33. The molecule has 2 N–H and O–H groups in total. The molecular formula is C21H35N5O3S. The number of morpholine rings is 1. The first kappa shape index (κ1) is 22.8. The number of nitrogens with two attached hydrogens (primary N) is 1. The molecule has 0 saturated carbocycles. The Morgan fingerprint density at radius 3 is 2.60 bits per heavy atom. The van der Waals surface area contributed by atoms with Gasteiger partial charge in [-0.05, 0) is 39.1 Å². The molecule has 1 aromatic rings. The molecule has 1 amide bonds. The van der Waals surface area contributed by atoms with Crippen molar-refractivity contribution in [3.05, 3.63) is 22.4 Å². The van der Waals surface area contributed by atoms with Crippen molar-refractivity contribution in [2.24, 2.45) is 10.7 Å². The Labute approximate surface area is 183 Å². The van der Waals surface area contributed by atoms with Crippen LogP contribution in [-0.2, 0) is 9.47 Å². The van der Waals surface area contributed by atoms with E-state index in [4.69, 9.17) is 20.2 Å². The smallest absolute Gasteiger partial charge is 0.410 e. The molecule has 2 aliphatic heterocycles. The number of aliphatic imine (C=N–C) groups is 1. The zero-order chi connectivity index (χ0) is 21.7. The van der Waals surface area contributed by atoms with Gasteiger partial charge in [-0.3, -0.25) is 9.89 Å². The largest absolute Gasteiger partial charge is 0.444 e. The molecular weight excluding hydrogens is 402 g/mol. The van der Waals surface area contributed by atoms with E-state index >= 15 is 0 Å². The molecule has 30 heavy (non-hydrogen) atoms. The lowest BCUT2D eigenvalue weighted by Gasteiger charge is -2.37. The second kappa shape index (κ2) is 9.98. The molecule has 8 nitrogen and oxygen atoms in total. The van der Waals surface area contributed by atoms with E-state index in [0.717, 1.165) is 19.7 Å². The van der Waals surface area contributed by atoms with Gasteiger partial charge in [0.1, 0.15) is 5.60 Å². The van der Waals surface area contributed by atoms with Crippen LogP contribution in [0.15, 0.2) is 22.5 Å². The summed E-state index contributed by atoms with van der Waals surface area (Å²) in [5.74, 6) is 0.543. The first-order valence-electron chi connectivity index (χ1n) is 10.6. The van der Waals surface area contributed by atoms with E-state index < -0.39 is 5.60 Å². The maximum absolute atomic E-state index is 12.2. The van der Waals surface area contributed by atoms with E-state index in [9.17, 15) is 4.79 Å². The van der Waals surface area contributed by atoms with E-state index in [2.05, 4.69) is 29.3 Å². The van der Waals surface area contributed by atoms with Crippen LogP contribution < -0.4 is 5.73 Å². The SMILES string of the molecule is CC1CN(C(CN=C(N)N2CCN(C(=O)OC(C)(C)C)CC2)c2cccs2)CCO1. The van der Waals surface area contributed by atoms with E-state index in [1.807, 2.05) is 25.7 Å². The molecule has 0 radical (unpaired) electrons. The number of thiophene rings is 1. The Bertz CT molecular complexity index is 711. The standard InChI is InChI=1S/C21H35N5O3S/c1-16-15-26(11-12-28-16)17(18-6-5-13-30-18)14-23-19(22)24-7-9-25(10-8-24)20(27)29-21(2,3)4/h5-6,13,16-17H,7-12,14-15H2,1-4H3,(H2,22,23). The number of hydrogen-bond acceptors (Lipinski definition) is 6. The first-order chi connectivity index (χ1) is 14.2. The van der Waals surface area contributed by atoms with Gasteiger partial charge in [-0.15, -0.1) is 11.3 Å². The first-order valence-corrected chi connectivity index (χ1v) is 11.5. The summed E-state index contributed by atoms with van der Waals surface area (Å²) in [6.45, 7) is 13.4. The Kier molecular flexibility index (Phi) is 7.60. The zero-order valence-electron chi connectivity index (χ0n) is 18.5. The molecule has 0 aliphatic carbocycles. The van der Waals surface area contributed by atoms with Crippen molar-refractivity contribution in [3.8, 4) is 0 Å². The van der Waals surface area contributed by atoms with Gasteiger partial charge in [0.2, 0.25) is 0 Å². The van der Waals surface area contributed by atoms with Crippen molar-refractivity contribution in [1.82, 2.24) is 14.7 Å². The summed E-state index contributed by atoms with van der Waals surface area (Å²) >= 11 is 1.76. The number of amides is 1. The number of ether oxygens (including phenoxy) is 2. The summed E-state index contributed by atoms with van der Waals surface area (Å²) in [5.41, 5.74) is 5.85. The highest BCUT2D eigenvalue weighted by molar-refractivity contribution is 7.10. The molecule has 1 aromatic heterocycles. The molecule has 2 fully saturated rings. The molecule has 3 rings (SSSR count). The topological polar surface area (TPSA) is 83.6 Å². The normalized spacial score (nSPS) is 22.8. The van der Waals surface area contributed by atoms with Crippen molar-refractivity contribution >= 4 is 23.4 Å². The molecule has 168 valence electrons. The molecule has 0 bridgehead atoms. The quantitative estimate of drug-likeness (QED) is 0.575. The van der Waals surface area contributed by atoms with Crippen LogP contribution in [0.3, 0.4) is 0 Å². The molecule has 0 spiro atoms. The lowest BCUT2D eigenvalue weighted by molar-refractivity contribution is -0.0327. The Balaban J connectivity index is 1.57. The van der Waals surface area contributed by atoms with Crippen LogP contribution in [0.2, 0.25) is 0 Å². The number of piperazine rings is 1. The number of carbonyl (C=O) groups excluding carboxylic acids is 1. The highest BCUT2D eigenvalue weighted by Crippen LogP contribution is 2.27. The number of hydrogen-bond donors (Lipinski definition) is 1. The van der Waals surface area contributed by atoms with Crippen LogP contribution in [0.5, 0.6) is 0 Å². The summed E-state index contributed by atoms with van der Waals surface area (Å²) in [5, 5.41) is 2.11. The van der Waals surface area contributed by atoms with Gasteiger partial charge in [0, 0.05) is 44.1 Å². The Hall–Kier alpha value is -1.84. The van der Waals surface area contributed by atoms with E-state index in [-0.39, 0.29) is 18.2 Å². The second-order valence-electron chi connectivity index (χ2n) is 8.86. The molecule has 9 heteroatoms. The minimum absolute atomic E-state index is 0.206. The van der Waals surface area contributed by atoms with E-state index in [1.165, 1.54) is 4.88 Å². The molecule has 2 atom stereocenters. The van der Waals surface area contributed by atoms with Gasteiger partial charge in [0.05, 0.1) is 25.3 Å².